The number of benzene rings is 1. The normalized spacial score (nSPS) is 9.53. The van der Waals surface area contributed by atoms with Crippen molar-refractivity contribution in [1.82, 2.24) is 5.32 Å². The number of para-hydroxylation sites is 1. The average molecular weight is 254 g/mol. The van der Waals surface area contributed by atoms with E-state index in [1.54, 1.807) is 18.2 Å². The van der Waals surface area contributed by atoms with Crippen LogP contribution in [0.15, 0.2) is 29.2 Å². The number of methoxy groups -OCH3 is 1. The van der Waals surface area contributed by atoms with Gasteiger partial charge in [0.05, 0.1) is 19.2 Å². The number of amides is 2. The molecule has 0 radical (unpaired) electrons. The molecule has 6 heteroatoms. The Bertz CT molecular complexity index is 409. The number of rotatable bonds is 4. The molecule has 0 fully saturated rings. The summed E-state index contributed by atoms with van der Waals surface area (Å²) >= 11 is 4.19. The van der Waals surface area contributed by atoms with Crippen LogP contribution in [0.3, 0.4) is 0 Å². The van der Waals surface area contributed by atoms with E-state index in [9.17, 15) is 9.59 Å². The van der Waals surface area contributed by atoms with Gasteiger partial charge < -0.3 is 15.4 Å². The van der Waals surface area contributed by atoms with Gasteiger partial charge in [-0.25, -0.2) is 4.79 Å². The molecule has 0 aliphatic rings. The smallest absolute Gasteiger partial charge is 0.319 e. The van der Waals surface area contributed by atoms with Crippen molar-refractivity contribution < 1.29 is 14.3 Å². The summed E-state index contributed by atoms with van der Waals surface area (Å²) in [7, 11) is 1.31. The summed E-state index contributed by atoms with van der Waals surface area (Å²) in [6, 6.07) is 6.75. The zero-order valence-corrected chi connectivity index (χ0v) is 10.3. The van der Waals surface area contributed by atoms with Gasteiger partial charge in [-0.15, -0.1) is 12.6 Å². The number of carbonyl (C=O) groups excluding carboxylic acids is 2. The van der Waals surface area contributed by atoms with Crippen LogP contribution < -0.4 is 10.6 Å². The van der Waals surface area contributed by atoms with Crippen molar-refractivity contribution in [3.8, 4) is 0 Å². The van der Waals surface area contributed by atoms with Crippen molar-refractivity contribution in [2.45, 2.75) is 11.3 Å². The monoisotopic (exact) mass is 254 g/mol. The van der Waals surface area contributed by atoms with Crippen molar-refractivity contribution >= 4 is 30.3 Å². The van der Waals surface area contributed by atoms with E-state index in [0.29, 0.717) is 10.6 Å². The Morgan fingerprint density at radius 2 is 2.06 bits per heavy atom. The van der Waals surface area contributed by atoms with E-state index in [1.807, 2.05) is 6.07 Å². The van der Waals surface area contributed by atoms with Gasteiger partial charge >= 0.3 is 12.0 Å². The van der Waals surface area contributed by atoms with Gasteiger partial charge in [0.15, 0.2) is 0 Å². The summed E-state index contributed by atoms with van der Waals surface area (Å²) in [5, 5.41) is 5.16. The third kappa shape index (κ3) is 4.78. The van der Waals surface area contributed by atoms with Gasteiger partial charge in [0.2, 0.25) is 0 Å². The molecule has 17 heavy (non-hydrogen) atoms. The molecule has 1 aromatic carbocycles. The van der Waals surface area contributed by atoms with Gasteiger partial charge in [-0.1, -0.05) is 12.1 Å². The van der Waals surface area contributed by atoms with Crippen LogP contribution in [0.4, 0.5) is 10.5 Å². The number of hydrogen-bond donors (Lipinski definition) is 3. The maximum Gasteiger partial charge on any atom is 0.319 e. The number of hydrogen-bond acceptors (Lipinski definition) is 4. The Morgan fingerprint density at radius 1 is 1.35 bits per heavy atom. The molecule has 0 heterocycles. The van der Waals surface area contributed by atoms with Crippen LogP contribution in [0.25, 0.3) is 0 Å². The topological polar surface area (TPSA) is 67.4 Å². The maximum absolute atomic E-state index is 11.4. The summed E-state index contributed by atoms with van der Waals surface area (Å²) in [4.78, 5) is 22.9. The molecule has 2 N–H and O–H groups in total. The molecule has 0 spiro atoms. The van der Waals surface area contributed by atoms with Crippen molar-refractivity contribution in [2.75, 3.05) is 19.0 Å². The van der Waals surface area contributed by atoms with E-state index in [4.69, 9.17) is 0 Å². The van der Waals surface area contributed by atoms with Gasteiger partial charge in [0.1, 0.15) is 0 Å². The number of urea groups is 1. The highest BCUT2D eigenvalue weighted by molar-refractivity contribution is 7.80. The lowest BCUT2D eigenvalue weighted by Crippen LogP contribution is -2.30. The van der Waals surface area contributed by atoms with Crippen molar-refractivity contribution in [3.05, 3.63) is 24.3 Å². The highest BCUT2D eigenvalue weighted by Gasteiger charge is 2.05. The zero-order chi connectivity index (χ0) is 12.7. The minimum atomic E-state index is -0.379. The molecule has 1 aromatic rings. The average Bonchev–Trinajstić information content (AvgIpc) is 2.32. The molecule has 0 aliphatic carbocycles. The van der Waals surface area contributed by atoms with Gasteiger partial charge in [-0.05, 0) is 12.1 Å². The third-order valence-electron chi connectivity index (χ3n) is 1.99. The molecule has 0 aromatic heterocycles. The first kappa shape index (κ1) is 13.4. The molecule has 0 aliphatic heterocycles. The fourth-order valence-corrected chi connectivity index (χ4v) is 1.34. The second kappa shape index (κ2) is 6.80. The Hall–Kier alpha value is -1.69. The summed E-state index contributed by atoms with van der Waals surface area (Å²) in [5.74, 6) is -0.361. The molecule has 5 nitrogen and oxygen atoms in total. The Balaban J connectivity index is 2.35. The van der Waals surface area contributed by atoms with Crippen LogP contribution in [0.2, 0.25) is 0 Å². The number of ether oxygens (including phenoxy) is 1. The summed E-state index contributed by atoms with van der Waals surface area (Å²) < 4.78 is 4.45. The Labute approximate surface area is 105 Å². The summed E-state index contributed by atoms with van der Waals surface area (Å²) in [5.41, 5.74) is 0.617. The van der Waals surface area contributed by atoms with Gasteiger partial charge in [0, 0.05) is 11.4 Å². The Morgan fingerprint density at radius 3 is 2.71 bits per heavy atom. The number of nitrogens with one attached hydrogen (secondary N) is 2. The van der Waals surface area contributed by atoms with Crippen LogP contribution in [0.5, 0.6) is 0 Å². The Kier molecular flexibility index (Phi) is 5.35. The van der Waals surface area contributed by atoms with Crippen molar-refractivity contribution in [3.63, 3.8) is 0 Å². The second-order valence-corrected chi connectivity index (χ2v) is 3.71. The largest absolute Gasteiger partial charge is 0.469 e. The van der Waals surface area contributed by atoms with Crippen LogP contribution in [-0.2, 0) is 9.53 Å². The number of carbonyl (C=O) groups is 2. The molecule has 0 saturated carbocycles. The predicted octanol–water partition coefficient (Wildman–Crippen LogP) is 1.66. The predicted molar refractivity (Wildman–Crippen MR) is 67.3 cm³/mol. The molecule has 2 amide bonds. The molecule has 92 valence electrons. The standard InChI is InChI=1S/C11H14N2O3S/c1-16-10(14)6-7-12-11(15)13-8-4-2-3-5-9(8)17/h2-5,17H,6-7H2,1H3,(H2,12,13,15). The van der Waals surface area contributed by atoms with E-state index in [2.05, 4.69) is 28.0 Å². The van der Waals surface area contributed by atoms with E-state index in [0.717, 1.165) is 0 Å². The van der Waals surface area contributed by atoms with Gasteiger partial charge in [-0.3, -0.25) is 4.79 Å². The van der Waals surface area contributed by atoms with Crippen LogP contribution in [0.1, 0.15) is 6.42 Å². The molecule has 0 atom stereocenters. The lowest BCUT2D eigenvalue weighted by Gasteiger charge is -2.08. The van der Waals surface area contributed by atoms with E-state index in [-0.39, 0.29) is 25.0 Å². The third-order valence-corrected chi connectivity index (χ3v) is 2.38. The molecule has 0 saturated heterocycles. The van der Waals surface area contributed by atoms with Crippen LogP contribution in [-0.4, -0.2) is 25.7 Å². The molecule has 0 unspecified atom stereocenters. The number of esters is 1. The van der Waals surface area contributed by atoms with Gasteiger partial charge in [-0.2, -0.15) is 0 Å². The molecular formula is C11H14N2O3S. The van der Waals surface area contributed by atoms with E-state index in [1.165, 1.54) is 7.11 Å². The summed E-state index contributed by atoms with van der Waals surface area (Å²) in [6.07, 6.45) is 0.145. The first-order valence-electron chi connectivity index (χ1n) is 5.03. The van der Waals surface area contributed by atoms with Crippen LogP contribution in [0, 0.1) is 0 Å². The first-order chi connectivity index (χ1) is 8.13. The first-order valence-corrected chi connectivity index (χ1v) is 5.48. The number of thiol groups is 1. The van der Waals surface area contributed by atoms with Crippen molar-refractivity contribution in [1.29, 1.82) is 0 Å². The lowest BCUT2D eigenvalue weighted by molar-refractivity contribution is -0.140. The minimum Gasteiger partial charge on any atom is -0.469 e. The second-order valence-electron chi connectivity index (χ2n) is 3.22. The SMILES string of the molecule is COC(=O)CCNC(=O)Nc1ccccc1S. The lowest BCUT2D eigenvalue weighted by atomic mass is 10.3. The van der Waals surface area contributed by atoms with Crippen LogP contribution >= 0.6 is 12.6 Å². The molecule has 0 bridgehead atoms. The van der Waals surface area contributed by atoms with E-state index < -0.39 is 0 Å². The molecular weight excluding hydrogens is 240 g/mol. The maximum atomic E-state index is 11.4. The highest BCUT2D eigenvalue weighted by atomic mass is 32.1. The quantitative estimate of drug-likeness (QED) is 0.565. The van der Waals surface area contributed by atoms with Crippen molar-refractivity contribution in [2.24, 2.45) is 0 Å². The zero-order valence-electron chi connectivity index (χ0n) is 9.40. The fraction of sp³-hybridized carbons (Fsp3) is 0.273. The molecule has 1 rings (SSSR count). The van der Waals surface area contributed by atoms with Gasteiger partial charge in [0.25, 0.3) is 0 Å². The number of anilines is 1. The highest BCUT2D eigenvalue weighted by Crippen LogP contribution is 2.17. The summed E-state index contributed by atoms with van der Waals surface area (Å²) in [6.45, 7) is 0.229. The fourth-order valence-electron chi connectivity index (χ4n) is 1.13. The van der Waals surface area contributed by atoms with E-state index >= 15 is 0 Å². The minimum absolute atomic E-state index is 0.145.